The van der Waals surface area contributed by atoms with Crippen molar-refractivity contribution in [3.8, 4) is 0 Å². The van der Waals surface area contributed by atoms with Crippen LogP contribution in [0.3, 0.4) is 0 Å². The zero-order chi connectivity index (χ0) is 20.1. The predicted molar refractivity (Wildman–Crippen MR) is 107 cm³/mol. The van der Waals surface area contributed by atoms with Crippen LogP contribution in [0.2, 0.25) is 0 Å². The van der Waals surface area contributed by atoms with Crippen LogP contribution in [-0.2, 0) is 20.9 Å². The second-order valence-corrected chi connectivity index (χ2v) is 7.56. The molecule has 144 valence electrons. The number of hydrogen-bond acceptors (Lipinski definition) is 7. The summed E-state index contributed by atoms with van der Waals surface area (Å²) in [5, 5.41) is 10.7. The molecule has 0 unspecified atom stereocenters. The molecule has 3 rings (SSSR count). The van der Waals surface area contributed by atoms with Crippen LogP contribution in [0.1, 0.15) is 11.8 Å². The molecular formula is C18H15N3O5S2. The molecule has 3 aromatic rings. The number of thiazole rings is 1. The van der Waals surface area contributed by atoms with Crippen molar-refractivity contribution in [2.24, 2.45) is 4.99 Å². The van der Waals surface area contributed by atoms with Gasteiger partial charge in [-0.2, -0.15) is 4.99 Å². The highest BCUT2D eigenvalue weighted by Gasteiger charge is 2.12. The molecule has 2 aromatic heterocycles. The van der Waals surface area contributed by atoms with Gasteiger partial charge in [-0.1, -0.05) is 34.8 Å². The summed E-state index contributed by atoms with van der Waals surface area (Å²) in [4.78, 5) is 39.5. The number of nitro groups is 1. The smallest absolute Gasteiger partial charge is 0.326 e. The molecule has 0 radical (unpaired) electrons. The van der Waals surface area contributed by atoms with Crippen LogP contribution in [0.5, 0.6) is 0 Å². The van der Waals surface area contributed by atoms with Crippen molar-refractivity contribution in [3.63, 3.8) is 0 Å². The zero-order valence-electron chi connectivity index (χ0n) is 14.7. The Balaban J connectivity index is 1.91. The molecule has 0 saturated carbocycles. The summed E-state index contributed by atoms with van der Waals surface area (Å²) in [6.45, 7) is 1.94. The van der Waals surface area contributed by atoms with Crippen molar-refractivity contribution in [2.75, 3.05) is 6.61 Å². The molecule has 28 heavy (non-hydrogen) atoms. The predicted octanol–water partition coefficient (Wildman–Crippen LogP) is 3.38. The summed E-state index contributed by atoms with van der Waals surface area (Å²) in [6.07, 6.45) is 2.72. The molecule has 0 aliphatic carbocycles. The molecule has 0 aliphatic rings. The summed E-state index contributed by atoms with van der Waals surface area (Å²) >= 11 is 2.26. The third kappa shape index (κ3) is 4.59. The molecule has 0 spiro atoms. The Morgan fingerprint density at radius 3 is 2.75 bits per heavy atom. The van der Waals surface area contributed by atoms with E-state index in [-0.39, 0.29) is 18.2 Å². The van der Waals surface area contributed by atoms with E-state index in [0.29, 0.717) is 9.68 Å². The van der Waals surface area contributed by atoms with E-state index in [1.54, 1.807) is 17.6 Å². The maximum absolute atomic E-state index is 12.3. The summed E-state index contributed by atoms with van der Waals surface area (Å²) in [6, 6.07) is 10.4. The molecule has 2 heterocycles. The van der Waals surface area contributed by atoms with Crippen molar-refractivity contribution in [1.29, 1.82) is 0 Å². The van der Waals surface area contributed by atoms with Crippen LogP contribution < -0.4 is 4.80 Å². The van der Waals surface area contributed by atoms with E-state index < -0.39 is 16.8 Å². The van der Waals surface area contributed by atoms with Crippen molar-refractivity contribution in [3.05, 3.63) is 62.3 Å². The fraction of sp³-hybridized carbons (Fsp3) is 0.167. The number of carbonyl (C=O) groups excluding carboxylic acids is 2. The Hall–Kier alpha value is -3.11. The van der Waals surface area contributed by atoms with Gasteiger partial charge in [0.15, 0.2) is 4.80 Å². The van der Waals surface area contributed by atoms with E-state index in [1.165, 1.54) is 29.6 Å². The van der Waals surface area contributed by atoms with Crippen molar-refractivity contribution >= 4 is 55.8 Å². The van der Waals surface area contributed by atoms with Gasteiger partial charge in [0, 0.05) is 17.0 Å². The Morgan fingerprint density at radius 2 is 2.04 bits per heavy atom. The Morgan fingerprint density at radius 1 is 1.25 bits per heavy atom. The molecule has 8 nitrogen and oxygen atoms in total. The number of para-hydroxylation sites is 1. The second-order valence-electron chi connectivity index (χ2n) is 5.46. The highest BCUT2D eigenvalue weighted by atomic mass is 32.1. The van der Waals surface area contributed by atoms with Gasteiger partial charge in [-0.05, 0) is 31.2 Å². The van der Waals surface area contributed by atoms with E-state index in [1.807, 2.05) is 24.3 Å². The number of esters is 1. The molecule has 0 N–H and O–H groups in total. The number of hydrogen-bond donors (Lipinski definition) is 0. The number of fused-ring (bicyclic) bond motifs is 1. The number of nitrogens with zero attached hydrogens (tertiary/aromatic N) is 3. The van der Waals surface area contributed by atoms with E-state index >= 15 is 0 Å². The first-order chi connectivity index (χ1) is 13.5. The molecule has 1 amide bonds. The van der Waals surface area contributed by atoms with Gasteiger partial charge in [0.25, 0.3) is 5.91 Å². The van der Waals surface area contributed by atoms with Crippen molar-refractivity contribution in [1.82, 2.24) is 4.57 Å². The number of carbonyl (C=O) groups is 2. The molecule has 0 aliphatic heterocycles. The van der Waals surface area contributed by atoms with Gasteiger partial charge in [0.2, 0.25) is 0 Å². The number of aromatic nitrogens is 1. The third-order valence-electron chi connectivity index (χ3n) is 3.57. The lowest BCUT2D eigenvalue weighted by atomic mass is 10.3. The van der Waals surface area contributed by atoms with Crippen molar-refractivity contribution < 1.29 is 19.2 Å². The van der Waals surface area contributed by atoms with Crippen molar-refractivity contribution in [2.45, 2.75) is 13.5 Å². The Kier molecular flexibility index (Phi) is 6.12. The SMILES string of the molecule is CCOC(=O)Cn1c(=NC(=O)C=Cc2ccc([N+](=O)[O-])s2)sc2ccccc21. The largest absolute Gasteiger partial charge is 0.465 e. The van der Waals surface area contributed by atoms with E-state index in [0.717, 1.165) is 21.6 Å². The fourth-order valence-corrected chi connectivity index (χ4v) is 4.17. The normalized spacial score (nSPS) is 12.0. The summed E-state index contributed by atoms with van der Waals surface area (Å²) in [7, 11) is 0. The summed E-state index contributed by atoms with van der Waals surface area (Å²) in [5.74, 6) is -0.943. The molecule has 10 heteroatoms. The molecule has 0 saturated heterocycles. The Bertz CT molecular complexity index is 1140. The van der Waals surface area contributed by atoms with Gasteiger partial charge < -0.3 is 9.30 Å². The fourth-order valence-electron chi connectivity index (χ4n) is 2.41. The minimum absolute atomic E-state index is 0.000762. The number of rotatable bonds is 6. The number of thiophene rings is 1. The van der Waals surface area contributed by atoms with Crippen LogP contribution in [-0.4, -0.2) is 28.0 Å². The van der Waals surface area contributed by atoms with E-state index in [2.05, 4.69) is 4.99 Å². The van der Waals surface area contributed by atoms with E-state index in [9.17, 15) is 19.7 Å². The standard InChI is InChI=1S/C18H15N3O5S2/c1-2-26-17(23)11-20-13-5-3-4-6-14(13)28-18(20)19-15(22)9-7-12-8-10-16(27-12)21(24)25/h3-10H,2,11H2,1H3. The molecular weight excluding hydrogens is 402 g/mol. The van der Waals surface area contributed by atoms with Gasteiger partial charge in [0.1, 0.15) is 6.54 Å². The lowest BCUT2D eigenvalue weighted by Gasteiger charge is -2.04. The maximum Gasteiger partial charge on any atom is 0.326 e. The molecule has 0 bridgehead atoms. The highest BCUT2D eigenvalue weighted by Crippen LogP contribution is 2.24. The monoisotopic (exact) mass is 417 g/mol. The summed E-state index contributed by atoms with van der Waals surface area (Å²) < 4.78 is 7.53. The first-order valence-corrected chi connectivity index (χ1v) is 9.86. The van der Waals surface area contributed by atoms with E-state index in [4.69, 9.17) is 4.74 Å². The van der Waals surface area contributed by atoms with Gasteiger partial charge >= 0.3 is 11.0 Å². The number of benzene rings is 1. The second kappa shape index (κ2) is 8.72. The first kappa shape index (κ1) is 19.6. The van der Waals surface area contributed by atoms with Crippen LogP contribution in [0, 0.1) is 10.1 Å². The van der Waals surface area contributed by atoms with Gasteiger partial charge in [-0.25, -0.2) is 0 Å². The quantitative estimate of drug-likeness (QED) is 0.265. The molecule has 0 fully saturated rings. The maximum atomic E-state index is 12.3. The van der Waals surface area contributed by atoms with Gasteiger partial charge in [-0.3, -0.25) is 19.7 Å². The van der Waals surface area contributed by atoms with Crippen LogP contribution in [0.15, 0.2) is 47.5 Å². The lowest BCUT2D eigenvalue weighted by Crippen LogP contribution is -2.22. The highest BCUT2D eigenvalue weighted by molar-refractivity contribution is 7.16. The van der Waals surface area contributed by atoms with Gasteiger partial charge in [-0.15, -0.1) is 0 Å². The third-order valence-corrected chi connectivity index (χ3v) is 5.63. The minimum atomic E-state index is -0.528. The topological polar surface area (TPSA) is 104 Å². The minimum Gasteiger partial charge on any atom is -0.465 e. The molecule has 1 aromatic carbocycles. The van der Waals surface area contributed by atoms with Crippen LogP contribution >= 0.6 is 22.7 Å². The lowest BCUT2D eigenvalue weighted by molar-refractivity contribution is -0.380. The number of amides is 1. The molecule has 0 atom stereocenters. The average molecular weight is 417 g/mol. The Labute approximate surface area is 167 Å². The van der Waals surface area contributed by atoms with Gasteiger partial charge in [0.05, 0.1) is 21.7 Å². The first-order valence-electron chi connectivity index (χ1n) is 8.23. The number of ether oxygens (including phenoxy) is 1. The zero-order valence-corrected chi connectivity index (χ0v) is 16.4. The van der Waals surface area contributed by atoms with Crippen LogP contribution in [0.25, 0.3) is 16.3 Å². The van der Waals surface area contributed by atoms with Crippen LogP contribution in [0.4, 0.5) is 5.00 Å². The summed E-state index contributed by atoms with van der Waals surface area (Å²) in [5.41, 5.74) is 0.782. The average Bonchev–Trinajstić information content (AvgIpc) is 3.26.